The van der Waals surface area contributed by atoms with Crippen molar-refractivity contribution in [3.63, 3.8) is 0 Å². The Morgan fingerprint density at radius 2 is 2.18 bits per heavy atom. The predicted octanol–water partition coefficient (Wildman–Crippen LogP) is 2.18. The highest BCUT2D eigenvalue weighted by Crippen LogP contribution is 2.31. The first-order valence-corrected chi connectivity index (χ1v) is 10.8. The van der Waals surface area contributed by atoms with Crippen LogP contribution in [0.4, 0.5) is 0 Å². The molecule has 3 aromatic rings. The lowest BCUT2D eigenvalue weighted by molar-refractivity contribution is -0.135. The molecule has 9 heteroatoms. The smallest absolute Gasteiger partial charge is 0.282 e. The summed E-state index contributed by atoms with van der Waals surface area (Å²) >= 11 is 2.59. The lowest BCUT2D eigenvalue weighted by Gasteiger charge is -2.31. The fourth-order valence-corrected chi connectivity index (χ4v) is 4.99. The largest absolute Gasteiger partial charge is 0.375 e. The molecular weight excluding hydrogens is 396 g/mol. The first-order valence-electron chi connectivity index (χ1n) is 8.91. The van der Waals surface area contributed by atoms with Crippen molar-refractivity contribution in [2.45, 2.75) is 18.2 Å². The second-order valence-electron chi connectivity index (χ2n) is 6.57. The van der Waals surface area contributed by atoms with Crippen molar-refractivity contribution in [3.05, 3.63) is 46.1 Å². The number of carbonyl (C=O) groups excluding carboxylic acids is 1. The summed E-state index contributed by atoms with van der Waals surface area (Å²) in [6.07, 6.45) is 0.0346. The molecule has 0 aliphatic carbocycles. The van der Waals surface area contributed by atoms with E-state index >= 15 is 0 Å². The van der Waals surface area contributed by atoms with Crippen LogP contribution in [0.5, 0.6) is 0 Å². The van der Waals surface area contributed by atoms with Crippen molar-refractivity contribution >= 4 is 39.2 Å². The number of morpholine rings is 1. The quantitative estimate of drug-likeness (QED) is 0.398. The van der Waals surface area contributed by atoms with E-state index in [0.29, 0.717) is 35.1 Å². The van der Waals surface area contributed by atoms with Gasteiger partial charge in [-0.2, -0.15) is 0 Å². The van der Waals surface area contributed by atoms with Crippen molar-refractivity contribution in [1.82, 2.24) is 14.6 Å². The van der Waals surface area contributed by atoms with Crippen molar-refractivity contribution in [2.24, 2.45) is 0 Å². The number of thioether (sulfide) groups is 1. The number of nitrogen functional groups attached to an aromatic ring is 1. The Balaban J connectivity index is 1.58. The van der Waals surface area contributed by atoms with E-state index in [1.54, 1.807) is 4.90 Å². The number of benzene rings is 1. The molecule has 0 radical (unpaired) electrons. The minimum absolute atomic E-state index is 0.00866. The van der Waals surface area contributed by atoms with Gasteiger partial charge in [-0.05, 0) is 12.5 Å². The monoisotopic (exact) mass is 416 g/mol. The Morgan fingerprint density at radius 3 is 2.93 bits per heavy atom. The van der Waals surface area contributed by atoms with E-state index in [1.165, 1.54) is 23.1 Å². The first kappa shape index (κ1) is 19.0. The van der Waals surface area contributed by atoms with Crippen LogP contribution in [-0.2, 0) is 9.53 Å². The molecule has 1 atom stereocenters. The number of nitrogens with two attached hydrogens (primary N) is 1. The number of carbonyl (C=O) groups is 1. The topological polar surface area (TPSA) is 90.5 Å². The van der Waals surface area contributed by atoms with Gasteiger partial charge >= 0.3 is 0 Å². The second-order valence-corrected chi connectivity index (χ2v) is 8.38. The van der Waals surface area contributed by atoms with Crippen LogP contribution in [-0.4, -0.2) is 52.0 Å². The number of rotatable bonds is 4. The highest BCUT2D eigenvalue weighted by atomic mass is 32.2. The number of ether oxygens (including phenoxy) is 1. The van der Waals surface area contributed by atoms with Crippen LogP contribution >= 0.6 is 23.1 Å². The fourth-order valence-electron chi connectivity index (χ4n) is 3.18. The van der Waals surface area contributed by atoms with E-state index in [2.05, 4.69) is 4.98 Å². The third-order valence-electron chi connectivity index (χ3n) is 4.61. The van der Waals surface area contributed by atoms with Gasteiger partial charge in [0.2, 0.25) is 5.91 Å². The zero-order chi connectivity index (χ0) is 19.7. The normalized spacial score (nSPS) is 17.2. The second kappa shape index (κ2) is 7.94. The van der Waals surface area contributed by atoms with Crippen molar-refractivity contribution < 1.29 is 9.53 Å². The molecule has 1 aliphatic rings. The SMILES string of the molecule is CC1CN(C(=O)CSc2nc3scc(-c4ccccc4)c3c(=O)n2N)CCO1. The number of aromatic nitrogens is 2. The van der Waals surface area contributed by atoms with Gasteiger partial charge in [-0.1, -0.05) is 42.1 Å². The Bertz CT molecular complexity index is 1060. The van der Waals surface area contributed by atoms with Crippen molar-refractivity contribution in [1.29, 1.82) is 0 Å². The fraction of sp³-hybridized carbons (Fsp3) is 0.316. The summed E-state index contributed by atoms with van der Waals surface area (Å²) in [5.74, 6) is 6.19. The third-order valence-corrected chi connectivity index (χ3v) is 6.42. The Kier molecular flexibility index (Phi) is 5.38. The zero-order valence-electron chi connectivity index (χ0n) is 15.3. The lowest BCUT2D eigenvalue weighted by Crippen LogP contribution is -2.45. The molecule has 4 rings (SSSR count). The average molecular weight is 417 g/mol. The van der Waals surface area contributed by atoms with Crippen LogP contribution in [0.15, 0.2) is 45.7 Å². The number of fused-ring (bicyclic) bond motifs is 1. The minimum atomic E-state index is -0.306. The highest BCUT2D eigenvalue weighted by Gasteiger charge is 2.22. The third kappa shape index (κ3) is 3.65. The zero-order valence-corrected chi connectivity index (χ0v) is 17.0. The van der Waals surface area contributed by atoms with Gasteiger partial charge in [-0.15, -0.1) is 11.3 Å². The van der Waals surface area contributed by atoms with E-state index < -0.39 is 0 Å². The van der Waals surface area contributed by atoms with Gasteiger partial charge in [0.05, 0.1) is 23.8 Å². The molecule has 1 fully saturated rings. The van der Waals surface area contributed by atoms with Gasteiger partial charge in [0.15, 0.2) is 5.16 Å². The van der Waals surface area contributed by atoms with Crippen molar-refractivity contribution in [3.8, 4) is 11.1 Å². The molecule has 146 valence electrons. The Hall–Kier alpha value is -2.36. The maximum Gasteiger partial charge on any atom is 0.282 e. The molecule has 0 saturated carbocycles. The maximum absolute atomic E-state index is 12.9. The Morgan fingerprint density at radius 1 is 1.39 bits per heavy atom. The summed E-state index contributed by atoms with van der Waals surface area (Å²) in [6, 6.07) is 9.68. The molecule has 28 heavy (non-hydrogen) atoms. The molecule has 0 bridgehead atoms. The molecular formula is C19H20N4O3S2. The molecule has 3 heterocycles. The molecule has 1 saturated heterocycles. The summed E-state index contributed by atoms with van der Waals surface area (Å²) in [7, 11) is 0. The molecule has 1 aliphatic heterocycles. The standard InChI is InChI=1S/C19H20N4O3S2/c1-12-9-22(7-8-26-12)15(24)11-28-19-21-17-16(18(25)23(19)20)14(10-27-17)13-5-3-2-4-6-13/h2-6,10,12H,7-9,11,20H2,1H3. The highest BCUT2D eigenvalue weighted by molar-refractivity contribution is 7.99. The molecule has 2 N–H and O–H groups in total. The summed E-state index contributed by atoms with van der Waals surface area (Å²) in [6.45, 7) is 3.64. The van der Waals surface area contributed by atoms with Crippen LogP contribution in [0.1, 0.15) is 6.92 Å². The van der Waals surface area contributed by atoms with E-state index in [0.717, 1.165) is 15.8 Å². The van der Waals surface area contributed by atoms with Crippen LogP contribution in [0, 0.1) is 0 Å². The summed E-state index contributed by atoms with van der Waals surface area (Å²) in [5, 5.41) is 2.77. The van der Waals surface area contributed by atoms with Gasteiger partial charge in [0, 0.05) is 24.0 Å². The first-order chi connectivity index (χ1) is 13.5. The summed E-state index contributed by atoms with van der Waals surface area (Å²) < 4.78 is 6.51. The number of nitrogens with zero attached hydrogens (tertiary/aromatic N) is 3. The predicted molar refractivity (Wildman–Crippen MR) is 112 cm³/mol. The number of thiophene rings is 1. The van der Waals surface area contributed by atoms with Gasteiger partial charge in [-0.3, -0.25) is 9.59 Å². The average Bonchev–Trinajstić information content (AvgIpc) is 3.14. The maximum atomic E-state index is 12.9. The molecule has 1 aromatic carbocycles. The number of hydrogen-bond acceptors (Lipinski definition) is 7. The molecule has 7 nitrogen and oxygen atoms in total. The molecule has 2 aromatic heterocycles. The molecule has 1 unspecified atom stereocenters. The van der Waals surface area contributed by atoms with Gasteiger partial charge in [-0.25, -0.2) is 9.66 Å². The molecule has 1 amide bonds. The lowest BCUT2D eigenvalue weighted by atomic mass is 10.1. The van der Waals surface area contributed by atoms with Crippen LogP contribution < -0.4 is 11.4 Å². The van der Waals surface area contributed by atoms with Crippen LogP contribution in [0.2, 0.25) is 0 Å². The van der Waals surface area contributed by atoms with Gasteiger partial charge < -0.3 is 15.5 Å². The summed E-state index contributed by atoms with van der Waals surface area (Å²) in [5.41, 5.74) is 1.47. The molecule has 0 spiro atoms. The minimum Gasteiger partial charge on any atom is -0.375 e. The number of amides is 1. The Labute approximate surface area is 170 Å². The van der Waals surface area contributed by atoms with Gasteiger partial charge in [0.25, 0.3) is 5.56 Å². The van der Waals surface area contributed by atoms with Crippen LogP contribution in [0.3, 0.4) is 0 Å². The van der Waals surface area contributed by atoms with E-state index in [4.69, 9.17) is 10.6 Å². The van der Waals surface area contributed by atoms with E-state index in [1.807, 2.05) is 42.6 Å². The van der Waals surface area contributed by atoms with E-state index in [-0.39, 0.29) is 23.3 Å². The van der Waals surface area contributed by atoms with Crippen molar-refractivity contribution in [2.75, 3.05) is 31.3 Å². The number of hydrogen-bond donors (Lipinski definition) is 1. The van der Waals surface area contributed by atoms with E-state index in [9.17, 15) is 9.59 Å². The van der Waals surface area contributed by atoms with Gasteiger partial charge in [0.1, 0.15) is 4.83 Å². The summed E-state index contributed by atoms with van der Waals surface area (Å²) in [4.78, 5) is 32.3. The van der Waals surface area contributed by atoms with Crippen LogP contribution in [0.25, 0.3) is 21.3 Å².